The number of rotatable bonds is 41. The highest BCUT2D eigenvalue weighted by Crippen LogP contribution is 2.17. The molecule has 0 aliphatic carbocycles. The van der Waals surface area contributed by atoms with Gasteiger partial charge in [-0.3, -0.25) is 9.59 Å². The molecule has 0 aromatic heterocycles. The predicted molar refractivity (Wildman–Crippen MR) is 215 cm³/mol. The molecule has 0 fully saturated rings. The van der Waals surface area contributed by atoms with Crippen LogP contribution in [-0.4, -0.2) is 36.4 Å². The van der Waals surface area contributed by atoms with Crippen molar-refractivity contribution < 1.29 is 24.2 Å². The second-order valence-electron chi connectivity index (χ2n) is 15.8. The van der Waals surface area contributed by atoms with Crippen LogP contribution in [0.1, 0.15) is 252 Å². The Morgan fingerprint density at radius 3 is 0.960 bits per heavy atom. The third kappa shape index (κ3) is 39.7. The first kappa shape index (κ1) is 48.9. The van der Waals surface area contributed by atoms with E-state index in [4.69, 9.17) is 9.47 Å². The lowest BCUT2D eigenvalue weighted by molar-refractivity contribution is -0.152. The molecule has 0 bridgehead atoms. The molecule has 0 heterocycles. The van der Waals surface area contributed by atoms with Crippen LogP contribution in [0.15, 0.2) is 0 Å². The molecule has 0 spiro atoms. The largest absolute Gasteiger partial charge is 0.463 e. The maximum absolute atomic E-state index is 12.0. The first-order chi connectivity index (χ1) is 24.5. The average molecular weight is 709 g/mol. The molecule has 0 radical (unpaired) electrons. The van der Waals surface area contributed by atoms with Gasteiger partial charge in [-0.25, -0.2) is 0 Å². The molecule has 298 valence electrons. The summed E-state index contributed by atoms with van der Waals surface area (Å²) in [4.78, 5) is 24.0. The van der Waals surface area contributed by atoms with E-state index in [0.29, 0.717) is 12.8 Å². The Labute approximate surface area is 312 Å². The molecular weight excluding hydrogens is 620 g/mol. The number of carbonyl (C=O) groups excluding carboxylic acids is 2. The van der Waals surface area contributed by atoms with Crippen molar-refractivity contribution >= 4 is 11.9 Å². The molecular formula is C45H88O5. The highest BCUT2D eigenvalue weighted by molar-refractivity contribution is 5.69. The first-order valence-corrected chi connectivity index (χ1v) is 22.5. The smallest absolute Gasteiger partial charge is 0.305 e. The lowest BCUT2D eigenvalue weighted by atomic mass is 9.99. The Kier molecular flexibility index (Phi) is 39.8. The second-order valence-corrected chi connectivity index (χ2v) is 15.8. The fourth-order valence-corrected chi connectivity index (χ4v) is 6.83. The van der Waals surface area contributed by atoms with Crippen molar-refractivity contribution in [1.82, 2.24) is 0 Å². The van der Waals surface area contributed by atoms with Gasteiger partial charge < -0.3 is 14.6 Å². The van der Waals surface area contributed by atoms with Gasteiger partial charge in [-0.05, 0) is 18.8 Å². The molecule has 5 nitrogen and oxygen atoms in total. The number of hydrogen-bond donors (Lipinski definition) is 1. The van der Waals surface area contributed by atoms with Gasteiger partial charge in [0.25, 0.3) is 0 Å². The van der Waals surface area contributed by atoms with E-state index in [-0.39, 0.29) is 25.2 Å². The Balaban J connectivity index is 3.36. The Morgan fingerprint density at radius 2 is 0.680 bits per heavy atom. The molecule has 50 heavy (non-hydrogen) atoms. The predicted octanol–water partition coefficient (Wildman–Crippen LogP) is 14.2. The van der Waals surface area contributed by atoms with E-state index in [2.05, 4.69) is 20.8 Å². The van der Waals surface area contributed by atoms with Gasteiger partial charge in [-0.15, -0.1) is 0 Å². The summed E-state index contributed by atoms with van der Waals surface area (Å²) in [6, 6.07) is 0. The minimum atomic E-state index is -0.956. The quantitative estimate of drug-likeness (QED) is 0.0505. The van der Waals surface area contributed by atoms with Crippen LogP contribution in [-0.2, 0) is 19.1 Å². The van der Waals surface area contributed by atoms with Crippen molar-refractivity contribution in [1.29, 1.82) is 0 Å². The standard InChI is InChI=1S/C45H88O5/c1-4-6-7-8-9-10-11-12-13-14-15-16-20-23-26-29-32-35-38-44(47)49-40-43(46)41-50-45(48)39-36-33-30-27-24-21-18-17-19-22-25-28-31-34-37-42(3)5-2/h42-43,46H,4-41H2,1-3H3/t42?,43-/m0/s1. The molecule has 0 aromatic carbocycles. The molecule has 2 atom stereocenters. The molecule has 1 unspecified atom stereocenters. The third-order valence-corrected chi connectivity index (χ3v) is 10.6. The molecule has 0 amide bonds. The lowest BCUT2D eigenvalue weighted by Crippen LogP contribution is -2.25. The normalized spacial score (nSPS) is 12.6. The number of ether oxygens (including phenoxy) is 2. The summed E-state index contributed by atoms with van der Waals surface area (Å²) in [5.74, 6) is 0.356. The third-order valence-electron chi connectivity index (χ3n) is 10.6. The molecule has 0 saturated carbocycles. The van der Waals surface area contributed by atoms with Crippen LogP contribution < -0.4 is 0 Å². The van der Waals surface area contributed by atoms with Crippen molar-refractivity contribution in [3.05, 3.63) is 0 Å². The fourth-order valence-electron chi connectivity index (χ4n) is 6.83. The van der Waals surface area contributed by atoms with Gasteiger partial charge in [-0.1, -0.05) is 226 Å². The summed E-state index contributed by atoms with van der Waals surface area (Å²) < 4.78 is 10.4. The van der Waals surface area contributed by atoms with Crippen molar-refractivity contribution in [2.24, 2.45) is 5.92 Å². The van der Waals surface area contributed by atoms with E-state index >= 15 is 0 Å². The monoisotopic (exact) mass is 709 g/mol. The van der Waals surface area contributed by atoms with Gasteiger partial charge in [0.2, 0.25) is 0 Å². The number of hydrogen-bond acceptors (Lipinski definition) is 5. The van der Waals surface area contributed by atoms with Gasteiger partial charge in [0, 0.05) is 12.8 Å². The zero-order valence-electron chi connectivity index (χ0n) is 34.1. The highest BCUT2D eigenvalue weighted by Gasteiger charge is 2.12. The summed E-state index contributed by atoms with van der Waals surface area (Å²) in [5.41, 5.74) is 0. The summed E-state index contributed by atoms with van der Waals surface area (Å²) in [5, 5.41) is 10.0. The Bertz CT molecular complexity index is 695. The SMILES string of the molecule is CCCCCCCCCCCCCCCCCCCCC(=O)OC[C@H](O)COC(=O)CCCCCCCCCCCCCCCCC(C)CC. The van der Waals surface area contributed by atoms with Gasteiger partial charge in [0.15, 0.2) is 0 Å². The fraction of sp³-hybridized carbons (Fsp3) is 0.956. The number of aliphatic hydroxyl groups excluding tert-OH is 1. The molecule has 0 aliphatic heterocycles. The zero-order valence-corrected chi connectivity index (χ0v) is 34.1. The summed E-state index contributed by atoms with van der Waals surface area (Å²) in [6.07, 6.45) is 44.5. The van der Waals surface area contributed by atoms with Crippen molar-refractivity contribution in [2.45, 2.75) is 258 Å². The van der Waals surface area contributed by atoms with Crippen molar-refractivity contribution in [3.8, 4) is 0 Å². The van der Waals surface area contributed by atoms with Crippen LogP contribution in [0.25, 0.3) is 0 Å². The molecule has 0 aromatic rings. The lowest BCUT2D eigenvalue weighted by Gasteiger charge is -2.12. The maximum Gasteiger partial charge on any atom is 0.305 e. The maximum atomic E-state index is 12.0. The van der Waals surface area contributed by atoms with Gasteiger partial charge in [-0.2, -0.15) is 0 Å². The number of carbonyl (C=O) groups is 2. The van der Waals surface area contributed by atoms with Crippen LogP contribution >= 0.6 is 0 Å². The van der Waals surface area contributed by atoms with E-state index in [1.807, 2.05) is 0 Å². The van der Waals surface area contributed by atoms with E-state index in [1.54, 1.807) is 0 Å². The van der Waals surface area contributed by atoms with E-state index in [9.17, 15) is 14.7 Å². The van der Waals surface area contributed by atoms with Gasteiger partial charge >= 0.3 is 11.9 Å². The molecule has 0 saturated heterocycles. The van der Waals surface area contributed by atoms with Crippen LogP contribution in [0, 0.1) is 5.92 Å². The van der Waals surface area contributed by atoms with Gasteiger partial charge in [0.05, 0.1) is 0 Å². The topological polar surface area (TPSA) is 72.8 Å². The number of aliphatic hydroxyl groups is 1. The van der Waals surface area contributed by atoms with Crippen LogP contribution in [0.4, 0.5) is 0 Å². The highest BCUT2D eigenvalue weighted by atomic mass is 16.6. The van der Waals surface area contributed by atoms with Crippen molar-refractivity contribution in [2.75, 3.05) is 13.2 Å². The average Bonchev–Trinajstić information content (AvgIpc) is 3.12. The minimum absolute atomic E-state index is 0.107. The zero-order chi connectivity index (χ0) is 36.6. The molecule has 1 N–H and O–H groups in total. The molecule has 0 aliphatic rings. The second kappa shape index (κ2) is 40.7. The number of esters is 2. The summed E-state index contributed by atoms with van der Waals surface area (Å²) in [7, 11) is 0. The molecule has 0 rings (SSSR count). The summed E-state index contributed by atoms with van der Waals surface area (Å²) in [6.45, 7) is 6.73. The van der Waals surface area contributed by atoms with Gasteiger partial charge in [0.1, 0.15) is 19.3 Å². The first-order valence-electron chi connectivity index (χ1n) is 22.5. The molecule has 5 heteroatoms. The van der Waals surface area contributed by atoms with Crippen molar-refractivity contribution in [3.63, 3.8) is 0 Å². The summed E-state index contributed by atoms with van der Waals surface area (Å²) >= 11 is 0. The Hall–Kier alpha value is -1.10. The van der Waals surface area contributed by atoms with E-state index in [1.165, 1.54) is 193 Å². The number of unbranched alkanes of at least 4 members (excludes halogenated alkanes) is 30. The van der Waals surface area contributed by atoms with Crippen LogP contribution in [0.3, 0.4) is 0 Å². The minimum Gasteiger partial charge on any atom is -0.463 e. The van der Waals surface area contributed by atoms with Crippen LogP contribution in [0.2, 0.25) is 0 Å². The van der Waals surface area contributed by atoms with E-state index < -0.39 is 6.10 Å². The van der Waals surface area contributed by atoms with E-state index in [0.717, 1.165) is 31.6 Å². The van der Waals surface area contributed by atoms with Crippen LogP contribution in [0.5, 0.6) is 0 Å². The Morgan fingerprint density at radius 1 is 0.420 bits per heavy atom.